The molecular weight excluding hydrogens is 348 g/mol. The Morgan fingerprint density at radius 3 is 2.60 bits per heavy atom. The Morgan fingerprint density at radius 2 is 2.05 bits per heavy atom. The maximum atomic E-state index is 12.9. The Kier molecular flexibility index (Phi) is 3.75. The Morgan fingerprint density at radius 1 is 1.35 bits per heavy atom. The number of aromatic amines is 1. The van der Waals surface area contributed by atoms with Gasteiger partial charge in [-0.1, -0.05) is 0 Å². The fraction of sp³-hybridized carbons (Fsp3) is 0.100. The number of carbonyl (C=O) groups is 1. The molecule has 0 aliphatic heterocycles. The number of rotatable bonds is 2. The Hall–Kier alpha value is -1.97. The molecule has 0 spiro atoms. The normalized spacial score (nSPS) is 11.4. The van der Waals surface area contributed by atoms with E-state index < -0.39 is 29.7 Å². The number of hydrogen-bond acceptors (Lipinski definition) is 3. The molecule has 2 rings (SSSR count). The van der Waals surface area contributed by atoms with Crippen LogP contribution < -0.4 is 5.32 Å². The molecule has 106 valence electrons. The van der Waals surface area contributed by atoms with Crippen molar-refractivity contribution in [3.05, 3.63) is 39.9 Å². The molecule has 20 heavy (non-hydrogen) atoms. The first-order valence-corrected chi connectivity index (χ1v) is 5.82. The summed E-state index contributed by atoms with van der Waals surface area (Å²) in [6.45, 7) is 0. The quantitative estimate of drug-likeness (QED) is 0.816. The number of hydrogen-bond donors (Lipinski definition) is 2. The Labute approximate surface area is 117 Å². The van der Waals surface area contributed by atoms with Crippen LogP contribution in [0.4, 0.5) is 23.5 Å². The third kappa shape index (κ3) is 3.13. The van der Waals surface area contributed by atoms with Crippen LogP contribution in [0.5, 0.6) is 0 Å². The standard InChI is InChI=1S/C10H5BrF4N4O/c11-6-3-4(12)1-2-5(6)7(20)16-9-17-8(18-19-9)10(13,14)15/h1-3H,(H2,16,17,18,19,20). The smallest absolute Gasteiger partial charge is 0.289 e. The lowest BCUT2D eigenvalue weighted by molar-refractivity contribution is -0.144. The van der Waals surface area contributed by atoms with Crippen molar-refractivity contribution in [2.24, 2.45) is 0 Å². The van der Waals surface area contributed by atoms with Crippen LogP contribution in [0.3, 0.4) is 0 Å². The minimum atomic E-state index is -4.69. The molecule has 2 N–H and O–H groups in total. The Balaban J connectivity index is 2.17. The van der Waals surface area contributed by atoms with Gasteiger partial charge < -0.3 is 0 Å². The fourth-order valence-electron chi connectivity index (χ4n) is 1.29. The van der Waals surface area contributed by atoms with Gasteiger partial charge in [-0.3, -0.25) is 15.2 Å². The summed E-state index contributed by atoms with van der Waals surface area (Å²) in [5.41, 5.74) is 0.0322. The minimum absolute atomic E-state index is 0.0322. The summed E-state index contributed by atoms with van der Waals surface area (Å²) in [4.78, 5) is 14.8. The van der Waals surface area contributed by atoms with E-state index in [-0.39, 0.29) is 10.0 Å². The second-order valence-electron chi connectivity index (χ2n) is 3.58. The topological polar surface area (TPSA) is 70.7 Å². The Bertz CT molecular complexity index is 655. The molecule has 5 nitrogen and oxygen atoms in total. The van der Waals surface area contributed by atoms with Crippen LogP contribution >= 0.6 is 15.9 Å². The zero-order valence-corrected chi connectivity index (χ0v) is 11.0. The van der Waals surface area contributed by atoms with Crippen LogP contribution in [-0.2, 0) is 6.18 Å². The van der Waals surface area contributed by atoms with Gasteiger partial charge in [0.05, 0.1) is 5.56 Å². The highest BCUT2D eigenvalue weighted by Crippen LogP contribution is 2.26. The average molecular weight is 353 g/mol. The molecule has 0 fully saturated rings. The molecule has 0 atom stereocenters. The van der Waals surface area contributed by atoms with E-state index in [1.54, 1.807) is 5.10 Å². The van der Waals surface area contributed by atoms with E-state index in [1.165, 1.54) is 6.07 Å². The molecule has 1 heterocycles. The van der Waals surface area contributed by atoms with Crippen molar-refractivity contribution in [1.29, 1.82) is 0 Å². The van der Waals surface area contributed by atoms with Gasteiger partial charge in [-0.25, -0.2) is 4.39 Å². The molecule has 0 aliphatic carbocycles. The van der Waals surface area contributed by atoms with Gasteiger partial charge in [-0.15, -0.1) is 5.10 Å². The molecule has 1 amide bonds. The summed E-state index contributed by atoms with van der Waals surface area (Å²) in [6, 6.07) is 3.26. The first-order valence-electron chi connectivity index (χ1n) is 5.03. The molecular formula is C10H5BrF4N4O. The van der Waals surface area contributed by atoms with Gasteiger partial charge in [0.1, 0.15) is 5.82 Å². The van der Waals surface area contributed by atoms with Gasteiger partial charge in [0.25, 0.3) is 5.91 Å². The maximum absolute atomic E-state index is 12.9. The zero-order chi connectivity index (χ0) is 14.9. The predicted molar refractivity (Wildman–Crippen MR) is 63.4 cm³/mol. The van der Waals surface area contributed by atoms with Gasteiger partial charge in [-0.05, 0) is 34.1 Å². The van der Waals surface area contributed by atoms with Crippen molar-refractivity contribution in [1.82, 2.24) is 15.2 Å². The third-order valence-corrected chi connectivity index (χ3v) is 2.81. The van der Waals surface area contributed by atoms with Crippen molar-refractivity contribution >= 4 is 27.8 Å². The van der Waals surface area contributed by atoms with Gasteiger partial charge in [-0.2, -0.15) is 18.2 Å². The third-order valence-electron chi connectivity index (χ3n) is 2.16. The number of carbonyl (C=O) groups excluding carboxylic acids is 1. The van der Waals surface area contributed by atoms with E-state index >= 15 is 0 Å². The zero-order valence-electron chi connectivity index (χ0n) is 9.42. The van der Waals surface area contributed by atoms with Crippen LogP contribution in [0, 0.1) is 5.82 Å². The summed E-state index contributed by atoms with van der Waals surface area (Å²) in [5.74, 6) is -3.19. The highest BCUT2D eigenvalue weighted by atomic mass is 79.9. The molecule has 2 aromatic rings. The van der Waals surface area contributed by atoms with Crippen LogP contribution in [0.2, 0.25) is 0 Å². The fourth-order valence-corrected chi connectivity index (χ4v) is 1.82. The van der Waals surface area contributed by atoms with Crippen molar-refractivity contribution in [2.75, 3.05) is 5.32 Å². The lowest BCUT2D eigenvalue weighted by atomic mass is 10.2. The van der Waals surface area contributed by atoms with Crippen molar-refractivity contribution < 1.29 is 22.4 Å². The first kappa shape index (κ1) is 14.4. The van der Waals surface area contributed by atoms with Gasteiger partial charge in [0, 0.05) is 4.47 Å². The highest BCUT2D eigenvalue weighted by molar-refractivity contribution is 9.10. The van der Waals surface area contributed by atoms with Crippen molar-refractivity contribution in [2.45, 2.75) is 6.18 Å². The minimum Gasteiger partial charge on any atom is -0.289 e. The molecule has 0 radical (unpaired) electrons. The van der Waals surface area contributed by atoms with E-state index in [0.717, 1.165) is 12.1 Å². The number of aromatic nitrogens is 3. The van der Waals surface area contributed by atoms with Crippen molar-refractivity contribution in [3.8, 4) is 0 Å². The number of alkyl halides is 3. The number of anilines is 1. The summed E-state index contributed by atoms with van der Waals surface area (Å²) >= 11 is 2.97. The van der Waals surface area contributed by atoms with E-state index in [4.69, 9.17) is 0 Å². The summed E-state index contributed by atoms with van der Waals surface area (Å²) < 4.78 is 49.8. The second-order valence-corrected chi connectivity index (χ2v) is 4.44. The molecule has 0 aliphatic rings. The average Bonchev–Trinajstić information content (AvgIpc) is 2.76. The van der Waals surface area contributed by atoms with Crippen LogP contribution in [0.15, 0.2) is 22.7 Å². The number of halogens is 5. The summed E-state index contributed by atoms with van der Waals surface area (Å²) in [6.07, 6.45) is -4.69. The van der Waals surface area contributed by atoms with E-state index in [2.05, 4.69) is 31.3 Å². The molecule has 1 aromatic heterocycles. The van der Waals surface area contributed by atoms with Crippen LogP contribution in [-0.4, -0.2) is 21.1 Å². The largest absolute Gasteiger partial charge is 0.451 e. The number of amides is 1. The molecule has 0 saturated carbocycles. The number of nitrogens with zero attached hydrogens (tertiary/aromatic N) is 2. The van der Waals surface area contributed by atoms with Crippen LogP contribution in [0.25, 0.3) is 0 Å². The van der Waals surface area contributed by atoms with Gasteiger partial charge in [0.2, 0.25) is 11.8 Å². The summed E-state index contributed by atoms with van der Waals surface area (Å²) in [5, 5.41) is 6.94. The number of benzene rings is 1. The molecule has 0 unspecified atom stereocenters. The highest BCUT2D eigenvalue weighted by Gasteiger charge is 2.35. The van der Waals surface area contributed by atoms with E-state index in [9.17, 15) is 22.4 Å². The van der Waals surface area contributed by atoms with Crippen LogP contribution in [0.1, 0.15) is 16.2 Å². The van der Waals surface area contributed by atoms with Gasteiger partial charge >= 0.3 is 6.18 Å². The second kappa shape index (κ2) is 5.19. The first-order chi connectivity index (χ1) is 9.27. The lowest BCUT2D eigenvalue weighted by Gasteiger charge is -2.03. The number of nitrogens with one attached hydrogen (secondary N) is 2. The predicted octanol–water partition coefficient (Wildman–Crippen LogP) is 2.98. The lowest BCUT2D eigenvalue weighted by Crippen LogP contribution is -2.14. The van der Waals surface area contributed by atoms with Gasteiger partial charge in [0.15, 0.2) is 0 Å². The molecule has 10 heteroatoms. The molecule has 0 saturated heterocycles. The summed E-state index contributed by atoms with van der Waals surface area (Å²) in [7, 11) is 0. The monoisotopic (exact) mass is 352 g/mol. The van der Waals surface area contributed by atoms with E-state index in [0.29, 0.717) is 0 Å². The molecule has 1 aromatic carbocycles. The number of H-pyrrole nitrogens is 1. The maximum Gasteiger partial charge on any atom is 0.451 e. The molecule has 0 bridgehead atoms. The van der Waals surface area contributed by atoms with Crippen molar-refractivity contribution in [3.63, 3.8) is 0 Å². The van der Waals surface area contributed by atoms with E-state index in [1.807, 2.05) is 0 Å². The SMILES string of the molecule is O=C(Nc1n[nH]c(C(F)(F)F)n1)c1ccc(F)cc1Br.